The van der Waals surface area contributed by atoms with Gasteiger partial charge in [0.1, 0.15) is 10.6 Å². The predicted octanol–water partition coefficient (Wildman–Crippen LogP) is 5.36. The minimum Gasteiger partial charge on any atom is -0.438 e. The van der Waals surface area contributed by atoms with Crippen LogP contribution in [0.25, 0.3) is 21.0 Å². The highest BCUT2D eigenvalue weighted by molar-refractivity contribution is 7.98. The molecule has 0 aliphatic rings. The summed E-state index contributed by atoms with van der Waals surface area (Å²) in [5, 5.41) is 6.04. The molecule has 0 saturated carbocycles. The Labute approximate surface area is 136 Å². The molecule has 0 fully saturated rings. The van der Waals surface area contributed by atoms with Crippen LogP contribution in [0.3, 0.4) is 0 Å². The van der Waals surface area contributed by atoms with Crippen LogP contribution < -0.4 is 4.74 Å². The van der Waals surface area contributed by atoms with Gasteiger partial charge in [-0.15, -0.1) is 11.3 Å². The molecular weight excluding hydrogens is 312 g/mol. The number of fused-ring (bicyclic) bond motifs is 2. The number of rotatable bonds is 3. The van der Waals surface area contributed by atoms with E-state index in [1.807, 2.05) is 42.0 Å². The number of hydrogen-bond acceptors (Lipinski definition) is 5. The summed E-state index contributed by atoms with van der Waals surface area (Å²) < 4.78 is 6.04. The Kier molecular flexibility index (Phi) is 3.44. The lowest BCUT2D eigenvalue weighted by atomic mass is 10.1. The van der Waals surface area contributed by atoms with Gasteiger partial charge in [0.2, 0.25) is 5.88 Å². The zero-order chi connectivity index (χ0) is 14.9. The van der Waals surface area contributed by atoms with E-state index in [0.717, 1.165) is 26.5 Å². The van der Waals surface area contributed by atoms with Gasteiger partial charge < -0.3 is 4.74 Å². The maximum atomic E-state index is 6.04. The number of benzene rings is 2. The number of thioether (sulfide) groups is 1. The molecule has 0 aliphatic heterocycles. The molecule has 2 aromatic carbocycles. The van der Waals surface area contributed by atoms with Crippen LogP contribution in [0.1, 0.15) is 0 Å². The van der Waals surface area contributed by atoms with E-state index >= 15 is 0 Å². The topological polar surface area (TPSA) is 35.0 Å². The van der Waals surface area contributed by atoms with Gasteiger partial charge in [-0.1, -0.05) is 42.1 Å². The maximum absolute atomic E-state index is 6.04. The number of aromatic nitrogens is 2. The molecule has 0 spiro atoms. The van der Waals surface area contributed by atoms with Crippen molar-refractivity contribution in [2.75, 3.05) is 6.26 Å². The maximum Gasteiger partial charge on any atom is 0.232 e. The first-order valence-corrected chi connectivity index (χ1v) is 8.90. The minimum absolute atomic E-state index is 0.617. The highest BCUT2D eigenvalue weighted by Gasteiger charge is 2.11. The lowest BCUT2D eigenvalue weighted by Crippen LogP contribution is -1.92. The number of thiophene rings is 1. The Hall–Kier alpha value is -2.11. The van der Waals surface area contributed by atoms with Crippen molar-refractivity contribution in [1.82, 2.24) is 9.97 Å². The minimum atomic E-state index is 0.617. The molecule has 5 heteroatoms. The lowest BCUT2D eigenvalue weighted by molar-refractivity contribution is 0.464. The van der Waals surface area contributed by atoms with Crippen LogP contribution in [0.15, 0.2) is 59.1 Å². The highest BCUT2D eigenvalue weighted by Crippen LogP contribution is 2.33. The van der Waals surface area contributed by atoms with Crippen LogP contribution in [0.2, 0.25) is 0 Å². The van der Waals surface area contributed by atoms with Gasteiger partial charge in [0, 0.05) is 0 Å². The lowest BCUT2D eigenvalue weighted by Gasteiger charge is -2.08. The second kappa shape index (κ2) is 5.59. The summed E-state index contributed by atoms with van der Waals surface area (Å²) in [7, 11) is 0. The van der Waals surface area contributed by atoms with Gasteiger partial charge >= 0.3 is 0 Å². The Morgan fingerprint density at radius 3 is 2.73 bits per heavy atom. The predicted molar refractivity (Wildman–Crippen MR) is 93.2 cm³/mol. The van der Waals surface area contributed by atoms with Crippen molar-refractivity contribution in [2.45, 2.75) is 5.16 Å². The number of ether oxygens (including phenoxy) is 1. The van der Waals surface area contributed by atoms with E-state index in [-0.39, 0.29) is 0 Å². The smallest absolute Gasteiger partial charge is 0.232 e. The average Bonchev–Trinajstić information content (AvgIpc) is 3.03. The molecule has 108 valence electrons. The van der Waals surface area contributed by atoms with E-state index in [4.69, 9.17) is 4.74 Å². The van der Waals surface area contributed by atoms with Crippen molar-refractivity contribution in [3.8, 4) is 11.6 Å². The quantitative estimate of drug-likeness (QED) is 0.375. The largest absolute Gasteiger partial charge is 0.438 e. The van der Waals surface area contributed by atoms with Crippen molar-refractivity contribution in [3.05, 3.63) is 53.9 Å². The summed E-state index contributed by atoms with van der Waals surface area (Å²) in [5.41, 5.74) is 0. The van der Waals surface area contributed by atoms with E-state index in [1.54, 1.807) is 11.3 Å². The third-order valence-corrected chi connectivity index (χ3v) is 4.74. The molecule has 0 bridgehead atoms. The second-order valence-corrected chi connectivity index (χ2v) is 6.43. The Morgan fingerprint density at radius 1 is 1.00 bits per heavy atom. The summed E-state index contributed by atoms with van der Waals surface area (Å²) in [6.45, 7) is 0. The van der Waals surface area contributed by atoms with E-state index in [0.29, 0.717) is 5.88 Å². The molecule has 4 aromatic rings. The van der Waals surface area contributed by atoms with Crippen molar-refractivity contribution < 1.29 is 4.74 Å². The second-order valence-electron chi connectivity index (χ2n) is 4.77. The third kappa shape index (κ3) is 2.42. The molecule has 0 atom stereocenters. The standard InChI is InChI=1S/C17H12N2OS2/c1-21-17-18-15(14-8-9-22-16(14)19-17)20-13-7-6-11-4-2-3-5-12(11)10-13/h2-10H,1H3. The molecule has 0 amide bonds. The fourth-order valence-electron chi connectivity index (χ4n) is 2.32. The first-order chi connectivity index (χ1) is 10.8. The van der Waals surface area contributed by atoms with Gasteiger partial charge in [-0.2, -0.15) is 4.98 Å². The summed E-state index contributed by atoms with van der Waals surface area (Å²) in [6.07, 6.45) is 1.97. The normalized spacial score (nSPS) is 11.1. The SMILES string of the molecule is CSc1nc(Oc2ccc3ccccc3c2)c2ccsc2n1. The highest BCUT2D eigenvalue weighted by atomic mass is 32.2. The molecule has 3 nitrogen and oxygen atoms in total. The van der Waals surface area contributed by atoms with Gasteiger partial charge in [-0.25, -0.2) is 4.98 Å². The molecule has 0 unspecified atom stereocenters. The third-order valence-electron chi connectivity index (χ3n) is 3.39. The summed E-state index contributed by atoms with van der Waals surface area (Å²) in [6, 6.07) is 16.3. The van der Waals surface area contributed by atoms with Crippen molar-refractivity contribution in [1.29, 1.82) is 0 Å². The summed E-state index contributed by atoms with van der Waals surface area (Å²) in [4.78, 5) is 9.95. The number of nitrogens with zero attached hydrogens (tertiary/aromatic N) is 2. The Morgan fingerprint density at radius 2 is 1.86 bits per heavy atom. The van der Waals surface area contributed by atoms with Crippen LogP contribution >= 0.6 is 23.1 Å². The first kappa shape index (κ1) is 13.5. The van der Waals surface area contributed by atoms with Gasteiger partial charge in [0.05, 0.1) is 5.39 Å². The van der Waals surface area contributed by atoms with Gasteiger partial charge in [-0.05, 0) is 40.6 Å². The molecule has 2 heterocycles. The number of hydrogen-bond donors (Lipinski definition) is 0. The average molecular weight is 324 g/mol. The van der Waals surface area contributed by atoms with Gasteiger partial charge in [0.25, 0.3) is 0 Å². The van der Waals surface area contributed by atoms with Gasteiger partial charge in [0.15, 0.2) is 5.16 Å². The molecule has 0 aliphatic carbocycles. The Balaban J connectivity index is 1.79. The van der Waals surface area contributed by atoms with Crippen LogP contribution in [-0.2, 0) is 0 Å². The van der Waals surface area contributed by atoms with E-state index in [9.17, 15) is 0 Å². The zero-order valence-corrected chi connectivity index (χ0v) is 13.4. The van der Waals surface area contributed by atoms with Crippen LogP contribution in [0.5, 0.6) is 11.6 Å². The molecule has 0 N–H and O–H groups in total. The van der Waals surface area contributed by atoms with E-state index in [2.05, 4.69) is 28.2 Å². The molecule has 2 aromatic heterocycles. The molecule has 0 radical (unpaired) electrons. The molecule has 22 heavy (non-hydrogen) atoms. The monoisotopic (exact) mass is 324 g/mol. The summed E-state index contributed by atoms with van der Waals surface area (Å²) in [5.74, 6) is 1.41. The van der Waals surface area contributed by atoms with Crippen molar-refractivity contribution >= 4 is 44.1 Å². The zero-order valence-electron chi connectivity index (χ0n) is 11.8. The van der Waals surface area contributed by atoms with E-state index in [1.165, 1.54) is 17.1 Å². The molecule has 4 rings (SSSR count). The Bertz CT molecular complexity index is 965. The fraction of sp³-hybridized carbons (Fsp3) is 0.0588. The van der Waals surface area contributed by atoms with Gasteiger partial charge in [-0.3, -0.25) is 0 Å². The molecular formula is C17H12N2OS2. The molecule has 0 saturated heterocycles. The van der Waals surface area contributed by atoms with E-state index < -0.39 is 0 Å². The first-order valence-electron chi connectivity index (χ1n) is 6.79. The van der Waals surface area contributed by atoms with Crippen LogP contribution in [0.4, 0.5) is 0 Å². The van der Waals surface area contributed by atoms with Crippen LogP contribution in [0, 0.1) is 0 Å². The van der Waals surface area contributed by atoms with Crippen LogP contribution in [-0.4, -0.2) is 16.2 Å². The van der Waals surface area contributed by atoms with Crippen molar-refractivity contribution in [2.24, 2.45) is 0 Å². The fourth-order valence-corrected chi connectivity index (χ4v) is 3.49. The summed E-state index contributed by atoms with van der Waals surface area (Å²) >= 11 is 3.12. The van der Waals surface area contributed by atoms with Crippen molar-refractivity contribution in [3.63, 3.8) is 0 Å².